The fraction of sp³-hybridized carbons (Fsp3) is 0.294. The van der Waals surface area contributed by atoms with Crippen LogP contribution in [0.3, 0.4) is 0 Å². The molecule has 2 heterocycles. The first-order chi connectivity index (χ1) is 13.3. The zero-order valence-electron chi connectivity index (χ0n) is 14.7. The highest BCUT2D eigenvalue weighted by molar-refractivity contribution is 7.73. The number of esters is 1. The lowest BCUT2D eigenvalue weighted by atomic mass is 10.1. The smallest absolute Gasteiger partial charge is 0.307 e. The lowest BCUT2D eigenvalue weighted by Gasteiger charge is -2.06. The van der Waals surface area contributed by atoms with Gasteiger partial charge < -0.3 is 9.84 Å². The van der Waals surface area contributed by atoms with Gasteiger partial charge in [-0.2, -0.15) is 0 Å². The fourth-order valence-corrected chi connectivity index (χ4v) is 4.07. The molecule has 0 fully saturated rings. The van der Waals surface area contributed by atoms with Crippen LogP contribution in [0.5, 0.6) is 5.88 Å². The zero-order chi connectivity index (χ0) is 20.4. The van der Waals surface area contributed by atoms with Gasteiger partial charge in [0.2, 0.25) is 5.88 Å². The van der Waals surface area contributed by atoms with Crippen molar-refractivity contribution < 1.29 is 24.4 Å². The van der Waals surface area contributed by atoms with E-state index in [0.717, 1.165) is 11.3 Å². The molecule has 0 atom stereocenters. The van der Waals surface area contributed by atoms with Crippen LogP contribution >= 0.6 is 23.6 Å². The average Bonchev–Trinajstić information content (AvgIpc) is 3.12. The molecule has 0 saturated heterocycles. The van der Waals surface area contributed by atoms with Gasteiger partial charge >= 0.3 is 5.97 Å². The topological polar surface area (TPSA) is 124 Å². The number of benzene rings is 1. The van der Waals surface area contributed by atoms with Gasteiger partial charge in [0.05, 0.1) is 28.9 Å². The van der Waals surface area contributed by atoms with Crippen LogP contribution in [0.15, 0.2) is 23.2 Å². The summed E-state index contributed by atoms with van der Waals surface area (Å²) in [6, 6.07) is 3.89. The molecule has 1 aliphatic heterocycles. The predicted molar refractivity (Wildman–Crippen MR) is 102 cm³/mol. The molecule has 2 aromatic rings. The summed E-state index contributed by atoms with van der Waals surface area (Å²) in [6.45, 7) is 2.28. The number of non-ortho nitro benzene ring substituents is 1. The number of thiazole rings is 1. The van der Waals surface area contributed by atoms with Crippen molar-refractivity contribution in [3.63, 3.8) is 0 Å². The molecule has 3 rings (SSSR count). The Hall–Kier alpha value is -2.92. The molecule has 28 heavy (non-hydrogen) atoms. The highest BCUT2D eigenvalue weighted by Gasteiger charge is 2.26. The Bertz CT molecular complexity index is 1160. The van der Waals surface area contributed by atoms with Crippen LogP contribution in [0.2, 0.25) is 0 Å². The van der Waals surface area contributed by atoms with Crippen molar-refractivity contribution in [3.05, 3.63) is 47.7 Å². The normalized spacial score (nSPS) is 12.6. The minimum atomic E-state index is -0.614. The molecule has 1 N–H and O–H groups in total. The van der Waals surface area contributed by atoms with E-state index in [1.54, 1.807) is 0 Å². The van der Waals surface area contributed by atoms with Gasteiger partial charge in [0.1, 0.15) is 4.88 Å². The van der Waals surface area contributed by atoms with Crippen LogP contribution in [0, 0.1) is 14.1 Å². The highest BCUT2D eigenvalue weighted by atomic mass is 32.1. The number of fused-ring (bicyclic) bond motifs is 1. The van der Waals surface area contributed by atoms with Gasteiger partial charge in [0.25, 0.3) is 11.6 Å². The first-order valence-electron chi connectivity index (χ1n) is 8.34. The van der Waals surface area contributed by atoms with Crippen molar-refractivity contribution in [2.75, 3.05) is 6.61 Å². The number of aromatic nitrogens is 1. The minimum absolute atomic E-state index is 0.00769. The molecule has 0 bridgehead atoms. The largest absolute Gasteiger partial charge is 0.493 e. The third-order valence-electron chi connectivity index (χ3n) is 4.00. The van der Waals surface area contributed by atoms with E-state index in [0.29, 0.717) is 18.4 Å². The van der Waals surface area contributed by atoms with E-state index < -0.39 is 16.8 Å². The van der Waals surface area contributed by atoms with E-state index in [9.17, 15) is 24.8 Å². The van der Waals surface area contributed by atoms with E-state index in [1.807, 2.05) is 6.92 Å². The van der Waals surface area contributed by atoms with Crippen LogP contribution in [-0.2, 0) is 20.9 Å². The second-order valence-corrected chi connectivity index (χ2v) is 7.54. The van der Waals surface area contributed by atoms with Crippen molar-refractivity contribution in [1.82, 2.24) is 4.57 Å². The number of nitrogens with zero attached hydrogens (tertiary/aromatic N) is 3. The number of nitro groups is 1. The number of aromatic hydroxyl groups is 1. The molecule has 1 aromatic carbocycles. The lowest BCUT2D eigenvalue weighted by Crippen LogP contribution is -2.23. The quantitative estimate of drug-likeness (QED) is 0.312. The van der Waals surface area contributed by atoms with Gasteiger partial charge in [-0.3, -0.25) is 24.3 Å². The summed E-state index contributed by atoms with van der Waals surface area (Å²) < 4.78 is 6.59. The van der Waals surface area contributed by atoms with Crippen molar-refractivity contribution in [1.29, 1.82) is 0 Å². The summed E-state index contributed by atoms with van der Waals surface area (Å²) in [7, 11) is 0. The third-order valence-corrected chi connectivity index (χ3v) is 5.45. The Labute approximate surface area is 167 Å². The van der Waals surface area contributed by atoms with Crippen LogP contribution in [0.4, 0.5) is 5.69 Å². The van der Waals surface area contributed by atoms with E-state index in [4.69, 9.17) is 17.0 Å². The highest BCUT2D eigenvalue weighted by Crippen LogP contribution is 2.32. The molecular weight excluding hydrogens is 406 g/mol. The summed E-state index contributed by atoms with van der Waals surface area (Å²) in [5, 5.41) is 22.2. The molecule has 0 aliphatic carbocycles. The predicted octanol–water partition coefficient (Wildman–Crippen LogP) is 1.59. The number of ether oxygens (including phenoxy) is 1. The van der Waals surface area contributed by atoms with Gasteiger partial charge in [-0.05, 0) is 24.7 Å². The van der Waals surface area contributed by atoms with Gasteiger partial charge in [-0.1, -0.05) is 6.92 Å². The average molecular weight is 421 g/mol. The van der Waals surface area contributed by atoms with Crippen molar-refractivity contribution in [2.24, 2.45) is 4.99 Å². The summed E-state index contributed by atoms with van der Waals surface area (Å²) in [4.78, 5) is 38.6. The Morgan fingerprint density at radius 3 is 2.89 bits per heavy atom. The number of carbonyl (C=O) groups excluding carboxylic acids is 2. The molecule has 1 amide bonds. The number of amides is 1. The first-order valence-corrected chi connectivity index (χ1v) is 9.56. The summed E-state index contributed by atoms with van der Waals surface area (Å²) in [6.07, 6.45) is 0.711. The Kier molecular flexibility index (Phi) is 5.66. The maximum atomic E-state index is 12.4. The number of hydrogen-bond donors (Lipinski definition) is 1. The zero-order valence-corrected chi connectivity index (χ0v) is 16.3. The van der Waals surface area contributed by atoms with Crippen LogP contribution in [0.25, 0.3) is 5.57 Å². The Balaban J connectivity index is 2.02. The second-order valence-electron chi connectivity index (χ2n) is 5.89. The van der Waals surface area contributed by atoms with Crippen LogP contribution < -0.4 is 10.6 Å². The first kappa shape index (κ1) is 19.8. The lowest BCUT2D eigenvalue weighted by molar-refractivity contribution is -0.385. The summed E-state index contributed by atoms with van der Waals surface area (Å²) >= 11 is 6.22. The van der Waals surface area contributed by atoms with Gasteiger partial charge in [0, 0.05) is 23.9 Å². The minimum Gasteiger partial charge on any atom is -0.493 e. The van der Waals surface area contributed by atoms with Crippen molar-refractivity contribution in [3.8, 4) is 5.88 Å². The molecule has 1 aromatic heterocycles. The van der Waals surface area contributed by atoms with E-state index in [2.05, 4.69) is 4.99 Å². The molecule has 1 aliphatic rings. The number of rotatable bonds is 7. The van der Waals surface area contributed by atoms with E-state index >= 15 is 0 Å². The van der Waals surface area contributed by atoms with Gasteiger partial charge in [0.15, 0.2) is 3.95 Å². The molecule has 146 valence electrons. The number of hydrogen-bond acceptors (Lipinski definition) is 8. The summed E-state index contributed by atoms with van der Waals surface area (Å²) in [5.74, 6) is -1.32. The molecule has 9 nitrogen and oxygen atoms in total. The fourth-order valence-electron chi connectivity index (χ4n) is 2.68. The Morgan fingerprint density at radius 1 is 1.46 bits per heavy atom. The van der Waals surface area contributed by atoms with Crippen molar-refractivity contribution >= 4 is 46.7 Å². The van der Waals surface area contributed by atoms with E-state index in [-0.39, 0.29) is 44.2 Å². The van der Waals surface area contributed by atoms with Crippen LogP contribution in [0.1, 0.15) is 24.6 Å². The molecule has 0 spiro atoms. The third kappa shape index (κ3) is 3.71. The van der Waals surface area contributed by atoms with Crippen LogP contribution in [-0.4, -0.2) is 33.1 Å². The van der Waals surface area contributed by atoms with E-state index in [1.165, 1.54) is 22.8 Å². The maximum absolute atomic E-state index is 12.4. The molecule has 11 heteroatoms. The van der Waals surface area contributed by atoms with Gasteiger partial charge in [-0.25, -0.2) is 4.99 Å². The maximum Gasteiger partial charge on any atom is 0.307 e. The summed E-state index contributed by atoms with van der Waals surface area (Å²) in [5.41, 5.74) is -0.137. The molecular formula is C17H15N3O6S2. The number of nitro benzene ring substituents is 1. The standard InChI is InChI=1S/C17H15N3O6S2/c1-2-7-26-12(21)5-6-19-16(23)14(28-17(19)27)13-10-8-9(20(24)25)3-4-11(10)18-15(13)22/h3-4,8,23H,2,5-7H2,1H3. The monoisotopic (exact) mass is 421 g/mol. The number of carbonyl (C=O) groups is 2. The Morgan fingerprint density at radius 2 is 2.21 bits per heavy atom. The van der Waals surface area contributed by atoms with Gasteiger partial charge in [-0.15, -0.1) is 11.3 Å². The van der Waals surface area contributed by atoms with Crippen molar-refractivity contribution in [2.45, 2.75) is 26.3 Å². The molecule has 0 saturated carbocycles. The molecule has 0 unspecified atom stereocenters. The SMILES string of the molecule is CCCOC(=O)CCn1c(O)c(C2=c3cc([N+](=O)[O-])ccc3=NC2=O)sc1=S. The second kappa shape index (κ2) is 7.98. The molecule has 0 radical (unpaired) electrons.